The summed E-state index contributed by atoms with van der Waals surface area (Å²) < 4.78 is 0. The second-order valence-corrected chi connectivity index (χ2v) is 5.81. The Hall–Kier alpha value is -0.440. The molecule has 0 aliphatic carbocycles. The third kappa shape index (κ3) is 2.40. The number of piperazine rings is 1. The quantitative estimate of drug-likeness (QED) is 0.842. The Morgan fingerprint density at radius 1 is 1.06 bits per heavy atom. The summed E-state index contributed by atoms with van der Waals surface area (Å²) in [7, 11) is 0. The first-order chi connectivity index (χ1) is 8.22. The van der Waals surface area contributed by atoms with E-state index in [-0.39, 0.29) is 0 Å². The molecule has 17 heavy (non-hydrogen) atoms. The van der Waals surface area contributed by atoms with Crippen molar-refractivity contribution in [2.75, 3.05) is 18.0 Å². The molecule has 1 N–H and O–H groups in total. The molecular formula is C13H16Cl2N2. The first kappa shape index (κ1) is 11.6. The van der Waals surface area contributed by atoms with Crippen LogP contribution in [0.5, 0.6) is 0 Å². The lowest BCUT2D eigenvalue weighted by Gasteiger charge is -2.43. The summed E-state index contributed by atoms with van der Waals surface area (Å²) in [5.74, 6) is 0. The molecule has 92 valence electrons. The summed E-state index contributed by atoms with van der Waals surface area (Å²) in [6.07, 6.45) is 3.93. The van der Waals surface area contributed by atoms with Crippen molar-refractivity contribution < 1.29 is 0 Å². The fraction of sp³-hybridized carbons (Fsp3) is 0.538. The zero-order chi connectivity index (χ0) is 11.8. The van der Waals surface area contributed by atoms with E-state index >= 15 is 0 Å². The summed E-state index contributed by atoms with van der Waals surface area (Å²) in [4.78, 5) is 2.42. The molecule has 2 atom stereocenters. The van der Waals surface area contributed by atoms with Gasteiger partial charge in [0.15, 0.2) is 0 Å². The molecule has 2 heterocycles. The molecule has 2 bridgehead atoms. The van der Waals surface area contributed by atoms with Crippen LogP contribution < -0.4 is 10.2 Å². The minimum atomic E-state index is 0.630. The second-order valence-electron chi connectivity index (χ2n) is 4.99. The monoisotopic (exact) mass is 270 g/mol. The van der Waals surface area contributed by atoms with Crippen molar-refractivity contribution in [2.45, 2.75) is 31.3 Å². The molecule has 0 unspecified atom stereocenters. The maximum Gasteiger partial charge on any atom is 0.0612 e. The minimum absolute atomic E-state index is 0.630. The molecule has 3 rings (SSSR count). The highest BCUT2D eigenvalue weighted by Gasteiger charge is 2.29. The van der Waals surface area contributed by atoms with Gasteiger partial charge < -0.3 is 10.2 Å². The summed E-state index contributed by atoms with van der Waals surface area (Å²) in [5, 5.41) is 4.95. The zero-order valence-corrected chi connectivity index (χ0v) is 11.1. The SMILES string of the molecule is Clc1ccc(N2C[C@H]3CCC[C@@H](C2)N3)cc1Cl. The number of anilines is 1. The standard InChI is InChI=1S/C13H16Cl2N2/c14-12-5-4-11(6-13(12)15)17-7-9-2-1-3-10(8-17)16-9/h4-6,9-10,16H,1-3,7-8H2/t9-,10+. The lowest BCUT2D eigenvalue weighted by Crippen LogP contribution is -2.58. The van der Waals surface area contributed by atoms with Crippen LogP contribution in [0.15, 0.2) is 18.2 Å². The number of fused-ring (bicyclic) bond motifs is 2. The number of piperidine rings is 1. The van der Waals surface area contributed by atoms with E-state index in [1.807, 2.05) is 12.1 Å². The van der Waals surface area contributed by atoms with Crippen LogP contribution in [-0.2, 0) is 0 Å². The zero-order valence-electron chi connectivity index (χ0n) is 9.63. The van der Waals surface area contributed by atoms with Crippen LogP contribution in [0, 0.1) is 0 Å². The van der Waals surface area contributed by atoms with Crippen molar-refractivity contribution in [3.63, 3.8) is 0 Å². The predicted molar refractivity (Wildman–Crippen MR) is 73.2 cm³/mol. The highest BCUT2D eigenvalue weighted by atomic mass is 35.5. The van der Waals surface area contributed by atoms with Crippen LogP contribution in [0.4, 0.5) is 5.69 Å². The number of nitrogens with one attached hydrogen (secondary N) is 1. The molecule has 2 aliphatic heterocycles. The van der Waals surface area contributed by atoms with Crippen molar-refractivity contribution in [3.05, 3.63) is 28.2 Å². The highest BCUT2D eigenvalue weighted by molar-refractivity contribution is 6.42. The van der Waals surface area contributed by atoms with E-state index in [4.69, 9.17) is 23.2 Å². The van der Waals surface area contributed by atoms with E-state index in [0.29, 0.717) is 22.1 Å². The Kier molecular flexibility index (Phi) is 3.20. The van der Waals surface area contributed by atoms with Gasteiger partial charge in [-0.2, -0.15) is 0 Å². The average Bonchev–Trinajstić information content (AvgIpc) is 2.32. The van der Waals surface area contributed by atoms with Gasteiger partial charge in [-0.3, -0.25) is 0 Å². The molecule has 1 aromatic rings. The lowest BCUT2D eigenvalue weighted by atomic mass is 9.94. The van der Waals surface area contributed by atoms with Crippen LogP contribution in [0.3, 0.4) is 0 Å². The Morgan fingerprint density at radius 2 is 1.76 bits per heavy atom. The lowest BCUT2D eigenvalue weighted by molar-refractivity contribution is 0.283. The number of hydrogen-bond donors (Lipinski definition) is 1. The van der Waals surface area contributed by atoms with Gasteiger partial charge in [0.2, 0.25) is 0 Å². The van der Waals surface area contributed by atoms with Gasteiger partial charge in [0, 0.05) is 30.9 Å². The molecule has 0 saturated carbocycles. The van der Waals surface area contributed by atoms with E-state index in [1.165, 1.54) is 24.9 Å². The van der Waals surface area contributed by atoms with Crippen molar-refractivity contribution in [1.29, 1.82) is 0 Å². The largest absolute Gasteiger partial charge is 0.368 e. The van der Waals surface area contributed by atoms with Gasteiger partial charge in [0.05, 0.1) is 10.0 Å². The van der Waals surface area contributed by atoms with E-state index in [2.05, 4.69) is 16.3 Å². The third-order valence-electron chi connectivity index (χ3n) is 3.73. The molecule has 0 amide bonds. The van der Waals surface area contributed by atoms with Gasteiger partial charge in [0.1, 0.15) is 0 Å². The van der Waals surface area contributed by atoms with Gasteiger partial charge in [-0.05, 0) is 31.0 Å². The molecule has 2 nitrogen and oxygen atoms in total. The Labute approximate surface area is 112 Å². The van der Waals surface area contributed by atoms with Gasteiger partial charge in [-0.25, -0.2) is 0 Å². The first-order valence-corrected chi connectivity index (χ1v) is 6.94. The van der Waals surface area contributed by atoms with Crippen LogP contribution in [0.25, 0.3) is 0 Å². The van der Waals surface area contributed by atoms with Gasteiger partial charge in [0.25, 0.3) is 0 Å². The van der Waals surface area contributed by atoms with Crippen LogP contribution in [0.1, 0.15) is 19.3 Å². The summed E-state index contributed by atoms with van der Waals surface area (Å²) in [6.45, 7) is 2.16. The maximum atomic E-state index is 6.08. The van der Waals surface area contributed by atoms with Crippen molar-refractivity contribution in [3.8, 4) is 0 Å². The third-order valence-corrected chi connectivity index (χ3v) is 4.47. The van der Waals surface area contributed by atoms with Gasteiger partial charge in [-0.15, -0.1) is 0 Å². The van der Waals surface area contributed by atoms with Crippen LogP contribution in [-0.4, -0.2) is 25.2 Å². The molecule has 2 aliphatic rings. The van der Waals surface area contributed by atoms with Crippen molar-refractivity contribution >= 4 is 28.9 Å². The first-order valence-electron chi connectivity index (χ1n) is 6.18. The normalized spacial score (nSPS) is 28.2. The summed E-state index contributed by atoms with van der Waals surface area (Å²) in [5.41, 5.74) is 1.19. The topological polar surface area (TPSA) is 15.3 Å². The van der Waals surface area contributed by atoms with E-state index in [0.717, 1.165) is 13.1 Å². The van der Waals surface area contributed by atoms with Gasteiger partial charge in [-0.1, -0.05) is 29.6 Å². The van der Waals surface area contributed by atoms with Crippen LogP contribution in [0.2, 0.25) is 10.0 Å². The molecule has 0 radical (unpaired) electrons. The summed E-state index contributed by atoms with van der Waals surface area (Å²) in [6, 6.07) is 7.20. The smallest absolute Gasteiger partial charge is 0.0612 e. The maximum absolute atomic E-state index is 6.08. The second kappa shape index (κ2) is 4.68. The van der Waals surface area contributed by atoms with Crippen molar-refractivity contribution in [2.24, 2.45) is 0 Å². The Morgan fingerprint density at radius 3 is 2.41 bits per heavy atom. The fourth-order valence-corrected chi connectivity index (χ4v) is 3.19. The predicted octanol–water partition coefficient (Wildman–Crippen LogP) is 3.32. The summed E-state index contributed by atoms with van der Waals surface area (Å²) >= 11 is 12.0. The van der Waals surface area contributed by atoms with E-state index in [9.17, 15) is 0 Å². The minimum Gasteiger partial charge on any atom is -0.368 e. The van der Waals surface area contributed by atoms with Crippen molar-refractivity contribution in [1.82, 2.24) is 5.32 Å². The average molecular weight is 271 g/mol. The number of nitrogens with zero attached hydrogens (tertiary/aromatic N) is 1. The highest BCUT2D eigenvalue weighted by Crippen LogP contribution is 2.30. The molecule has 0 spiro atoms. The fourth-order valence-electron chi connectivity index (χ4n) is 2.90. The van der Waals surface area contributed by atoms with E-state index in [1.54, 1.807) is 0 Å². The molecule has 0 aromatic heterocycles. The Bertz CT molecular complexity index is 410. The number of halogens is 2. The van der Waals surface area contributed by atoms with Crippen LogP contribution >= 0.6 is 23.2 Å². The molecule has 2 saturated heterocycles. The molecular weight excluding hydrogens is 255 g/mol. The number of rotatable bonds is 1. The molecule has 2 fully saturated rings. The van der Waals surface area contributed by atoms with E-state index < -0.39 is 0 Å². The Balaban J connectivity index is 1.81. The number of benzene rings is 1. The number of hydrogen-bond acceptors (Lipinski definition) is 2. The molecule has 1 aromatic carbocycles. The van der Waals surface area contributed by atoms with Gasteiger partial charge >= 0.3 is 0 Å². The molecule has 4 heteroatoms.